The Balaban J connectivity index is 2.25. The second kappa shape index (κ2) is 5.36. The SMILES string of the molecule is Nc1cc(NC(=O)c2cc(F)ccc2Br)ccc1F. The summed E-state index contributed by atoms with van der Waals surface area (Å²) in [5, 5.41) is 2.51. The minimum Gasteiger partial charge on any atom is -0.396 e. The van der Waals surface area contributed by atoms with Gasteiger partial charge in [0.25, 0.3) is 5.91 Å². The lowest BCUT2D eigenvalue weighted by Crippen LogP contribution is -2.13. The lowest BCUT2D eigenvalue weighted by atomic mass is 10.2. The third kappa shape index (κ3) is 3.08. The minimum atomic E-state index is -0.565. The van der Waals surface area contributed by atoms with Crippen molar-refractivity contribution in [2.45, 2.75) is 0 Å². The molecule has 0 aliphatic rings. The molecule has 2 rings (SSSR count). The van der Waals surface area contributed by atoms with Crippen molar-refractivity contribution in [1.29, 1.82) is 0 Å². The number of benzene rings is 2. The van der Waals surface area contributed by atoms with E-state index in [1.54, 1.807) is 0 Å². The third-order valence-electron chi connectivity index (χ3n) is 2.43. The van der Waals surface area contributed by atoms with E-state index >= 15 is 0 Å². The lowest BCUT2D eigenvalue weighted by molar-refractivity contribution is 0.102. The molecule has 0 saturated carbocycles. The molecule has 1 amide bonds. The zero-order valence-electron chi connectivity index (χ0n) is 9.58. The van der Waals surface area contributed by atoms with Gasteiger partial charge < -0.3 is 11.1 Å². The normalized spacial score (nSPS) is 10.3. The molecule has 6 heteroatoms. The van der Waals surface area contributed by atoms with Crippen LogP contribution >= 0.6 is 15.9 Å². The largest absolute Gasteiger partial charge is 0.396 e. The van der Waals surface area contributed by atoms with Crippen molar-refractivity contribution in [2.75, 3.05) is 11.1 Å². The molecular weight excluding hydrogens is 318 g/mol. The summed E-state index contributed by atoms with van der Waals surface area (Å²) in [6, 6.07) is 7.58. The summed E-state index contributed by atoms with van der Waals surface area (Å²) in [7, 11) is 0. The number of anilines is 2. The van der Waals surface area contributed by atoms with Gasteiger partial charge in [0.15, 0.2) is 0 Å². The van der Waals surface area contributed by atoms with E-state index in [1.165, 1.54) is 24.3 Å². The van der Waals surface area contributed by atoms with Gasteiger partial charge in [-0.05, 0) is 52.3 Å². The van der Waals surface area contributed by atoms with Crippen LogP contribution < -0.4 is 11.1 Å². The molecule has 19 heavy (non-hydrogen) atoms. The van der Waals surface area contributed by atoms with Crippen molar-refractivity contribution in [3.63, 3.8) is 0 Å². The molecule has 0 aromatic heterocycles. The van der Waals surface area contributed by atoms with Gasteiger partial charge in [0.1, 0.15) is 11.6 Å². The van der Waals surface area contributed by atoms with Crippen LogP contribution in [0.5, 0.6) is 0 Å². The monoisotopic (exact) mass is 326 g/mol. The summed E-state index contributed by atoms with van der Waals surface area (Å²) >= 11 is 3.16. The van der Waals surface area contributed by atoms with E-state index in [1.807, 2.05) is 0 Å². The van der Waals surface area contributed by atoms with Gasteiger partial charge in [-0.1, -0.05) is 0 Å². The molecule has 3 nitrogen and oxygen atoms in total. The first-order valence-corrected chi connectivity index (χ1v) is 6.08. The van der Waals surface area contributed by atoms with E-state index in [0.29, 0.717) is 10.2 Å². The zero-order chi connectivity index (χ0) is 14.0. The highest BCUT2D eigenvalue weighted by Gasteiger charge is 2.12. The Bertz CT molecular complexity index is 647. The summed E-state index contributed by atoms with van der Waals surface area (Å²) < 4.78 is 26.5. The molecule has 3 N–H and O–H groups in total. The van der Waals surface area contributed by atoms with Gasteiger partial charge in [0.2, 0.25) is 0 Å². The second-order valence-corrected chi connectivity index (χ2v) is 4.67. The number of nitrogen functional groups attached to an aromatic ring is 1. The highest BCUT2D eigenvalue weighted by molar-refractivity contribution is 9.10. The number of nitrogens with one attached hydrogen (secondary N) is 1. The topological polar surface area (TPSA) is 55.1 Å². The summed E-state index contributed by atoms with van der Waals surface area (Å²) in [5.74, 6) is -1.60. The first-order valence-electron chi connectivity index (χ1n) is 5.29. The van der Waals surface area contributed by atoms with Gasteiger partial charge in [-0.3, -0.25) is 4.79 Å². The molecule has 0 unspecified atom stereocenters. The average molecular weight is 327 g/mol. The first kappa shape index (κ1) is 13.5. The molecule has 0 saturated heterocycles. The van der Waals surface area contributed by atoms with Crippen LogP contribution in [0, 0.1) is 11.6 Å². The van der Waals surface area contributed by atoms with Crippen molar-refractivity contribution in [3.05, 3.63) is 58.1 Å². The van der Waals surface area contributed by atoms with Gasteiger partial charge in [0.05, 0.1) is 11.3 Å². The molecule has 0 radical (unpaired) electrons. The van der Waals surface area contributed by atoms with Crippen LogP contribution in [0.15, 0.2) is 40.9 Å². The minimum absolute atomic E-state index is 0.0730. The predicted molar refractivity (Wildman–Crippen MR) is 72.9 cm³/mol. The first-order chi connectivity index (χ1) is 8.97. The van der Waals surface area contributed by atoms with Crippen molar-refractivity contribution < 1.29 is 13.6 Å². The molecule has 2 aromatic rings. The fraction of sp³-hybridized carbons (Fsp3) is 0. The van der Waals surface area contributed by atoms with Crippen molar-refractivity contribution in [3.8, 4) is 0 Å². The summed E-state index contributed by atoms with van der Waals surface area (Å²) in [6.45, 7) is 0. The molecule has 0 aliphatic carbocycles. The maximum absolute atomic E-state index is 13.1. The van der Waals surface area contributed by atoms with E-state index in [9.17, 15) is 13.6 Å². The highest BCUT2D eigenvalue weighted by atomic mass is 79.9. The maximum atomic E-state index is 13.1. The lowest BCUT2D eigenvalue weighted by Gasteiger charge is -2.08. The molecule has 0 aliphatic heterocycles. The van der Waals surface area contributed by atoms with Crippen molar-refractivity contribution >= 4 is 33.2 Å². The van der Waals surface area contributed by atoms with Crippen molar-refractivity contribution in [1.82, 2.24) is 0 Å². The summed E-state index contributed by atoms with van der Waals surface area (Å²) in [4.78, 5) is 11.9. The quantitative estimate of drug-likeness (QED) is 0.829. The molecule has 98 valence electrons. The Labute approximate surface area is 116 Å². The van der Waals surface area contributed by atoms with Gasteiger partial charge in [-0.2, -0.15) is 0 Å². The van der Waals surface area contributed by atoms with Gasteiger partial charge in [-0.15, -0.1) is 0 Å². The number of carbonyl (C=O) groups excluding carboxylic acids is 1. The van der Waals surface area contributed by atoms with Crippen LogP contribution in [0.2, 0.25) is 0 Å². The smallest absolute Gasteiger partial charge is 0.256 e. The number of carbonyl (C=O) groups is 1. The Kier molecular flexibility index (Phi) is 3.80. The zero-order valence-corrected chi connectivity index (χ0v) is 11.2. The third-order valence-corrected chi connectivity index (χ3v) is 3.12. The standard InChI is InChI=1S/C13H9BrF2N2O/c14-10-3-1-7(15)5-9(10)13(19)18-8-2-4-11(16)12(17)6-8/h1-6H,17H2,(H,18,19). The fourth-order valence-corrected chi connectivity index (χ4v) is 1.92. The molecule has 2 aromatic carbocycles. The fourth-order valence-electron chi connectivity index (χ4n) is 1.49. The molecule has 0 spiro atoms. The van der Waals surface area contributed by atoms with E-state index < -0.39 is 17.5 Å². The van der Waals surface area contributed by atoms with Crippen LogP contribution in [-0.4, -0.2) is 5.91 Å². The van der Waals surface area contributed by atoms with E-state index in [4.69, 9.17) is 5.73 Å². The number of amides is 1. The Morgan fingerprint density at radius 2 is 1.89 bits per heavy atom. The summed E-state index contributed by atoms with van der Waals surface area (Å²) in [5.41, 5.74) is 5.80. The van der Waals surface area contributed by atoms with Crippen LogP contribution in [0.3, 0.4) is 0 Å². The number of hydrogen-bond acceptors (Lipinski definition) is 2. The molecule has 0 fully saturated rings. The number of nitrogens with two attached hydrogens (primary N) is 1. The predicted octanol–water partition coefficient (Wildman–Crippen LogP) is 3.56. The maximum Gasteiger partial charge on any atom is 0.256 e. The Hall–Kier alpha value is -1.95. The molecule has 0 atom stereocenters. The Morgan fingerprint density at radius 1 is 1.16 bits per heavy atom. The summed E-state index contributed by atoms with van der Waals surface area (Å²) in [6.07, 6.45) is 0. The van der Waals surface area contributed by atoms with Crippen LogP contribution in [-0.2, 0) is 0 Å². The van der Waals surface area contributed by atoms with Crippen LogP contribution in [0.4, 0.5) is 20.2 Å². The molecule has 0 bridgehead atoms. The highest BCUT2D eigenvalue weighted by Crippen LogP contribution is 2.21. The van der Waals surface area contributed by atoms with Gasteiger partial charge in [-0.25, -0.2) is 8.78 Å². The number of halogens is 3. The van der Waals surface area contributed by atoms with E-state index in [2.05, 4.69) is 21.2 Å². The number of rotatable bonds is 2. The van der Waals surface area contributed by atoms with Crippen molar-refractivity contribution in [2.24, 2.45) is 0 Å². The van der Waals surface area contributed by atoms with E-state index in [0.717, 1.165) is 12.1 Å². The average Bonchev–Trinajstić information content (AvgIpc) is 2.36. The molecule has 0 heterocycles. The number of hydrogen-bond donors (Lipinski definition) is 2. The van der Waals surface area contributed by atoms with Gasteiger partial charge >= 0.3 is 0 Å². The van der Waals surface area contributed by atoms with Gasteiger partial charge in [0, 0.05) is 10.2 Å². The van der Waals surface area contributed by atoms with Crippen LogP contribution in [0.25, 0.3) is 0 Å². The molecular formula is C13H9BrF2N2O. The Morgan fingerprint density at radius 3 is 2.58 bits per heavy atom. The second-order valence-electron chi connectivity index (χ2n) is 3.81. The van der Waals surface area contributed by atoms with Crippen LogP contribution in [0.1, 0.15) is 10.4 Å². The van der Waals surface area contributed by atoms with E-state index in [-0.39, 0.29) is 11.3 Å².